The highest BCUT2D eigenvalue weighted by Crippen LogP contribution is 2.39. The Kier molecular flexibility index (Phi) is 8.29. The largest absolute Gasteiger partial charge is 0.415 e. The summed E-state index contributed by atoms with van der Waals surface area (Å²) in [4.78, 5) is 48.8. The predicted octanol–water partition coefficient (Wildman–Crippen LogP) is 5.25. The Morgan fingerprint density at radius 3 is 2.26 bits per heavy atom. The number of ether oxygens (including phenoxy) is 1. The third kappa shape index (κ3) is 6.00. The molecule has 2 amide bonds. The number of rotatable bonds is 6. The highest BCUT2D eigenvalue weighted by Gasteiger charge is 2.50. The summed E-state index contributed by atoms with van der Waals surface area (Å²) in [5, 5.41) is 0. The van der Waals surface area contributed by atoms with Crippen molar-refractivity contribution in [3.8, 4) is 5.75 Å². The molecule has 2 aliphatic heterocycles. The monoisotopic (exact) mass is 572 g/mol. The third-order valence-corrected chi connectivity index (χ3v) is 8.77. The van der Waals surface area contributed by atoms with Gasteiger partial charge in [-0.15, -0.1) is 0 Å². The number of benzene rings is 2. The number of aromatic nitrogens is 1. The molecule has 2 fully saturated rings. The Hall–Kier alpha value is -4.27. The van der Waals surface area contributed by atoms with Gasteiger partial charge in [-0.3, -0.25) is 9.59 Å². The number of amides is 2. The maximum atomic E-state index is 13.9. The van der Waals surface area contributed by atoms with Crippen LogP contribution in [0.5, 0.6) is 5.75 Å². The van der Waals surface area contributed by atoms with E-state index < -0.39 is 17.3 Å². The van der Waals surface area contributed by atoms with Crippen molar-refractivity contribution in [3.05, 3.63) is 89.4 Å². The first kappa shape index (κ1) is 29.2. The average molecular weight is 573 g/mol. The molecule has 0 bridgehead atoms. The summed E-state index contributed by atoms with van der Waals surface area (Å²) < 4.78 is 18.9. The van der Waals surface area contributed by atoms with E-state index in [0.29, 0.717) is 44.6 Å². The van der Waals surface area contributed by atoms with Gasteiger partial charge in [0.1, 0.15) is 17.4 Å². The quantitative estimate of drug-likeness (QED) is 0.376. The van der Waals surface area contributed by atoms with Crippen LogP contribution in [0.2, 0.25) is 0 Å². The van der Waals surface area contributed by atoms with Crippen LogP contribution in [0.25, 0.3) is 0 Å². The van der Waals surface area contributed by atoms with Crippen molar-refractivity contribution in [3.63, 3.8) is 0 Å². The molecular weight excluding hydrogens is 535 g/mol. The number of carbonyl (C=O) groups excluding carboxylic acids is 3. The smallest absolute Gasteiger partial charge is 0.410 e. The van der Waals surface area contributed by atoms with E-state index in [1.807, 2.05) is 30.0 Å². The molecule has 0 N–H and O–H groups in total. The number of halogens is 1. The van der Waals surface area contributed by atoms with Crippen LogP contribution >= 0.6 is 0 Å². The van der Waals surface area contributed by atoms with Gasteiger partial charge in [0.2, 0.25) is 5.91 Å². The second-order valence-electron chi connectivity index (χ2n) is 11.7. The molecule has 0 unspecified atom stereocenters. The summed E-state index contributed by atoms with van der Waals surface area (Å²) >= 11 is 0. The van der Waals surface area contributed by atoms with Crippen molar-refractivity contribution < 1.29 is 23.5 Å². The number of likely N-dealkylation sites (N-methyl/N-ethyl adjacent to an activating group) is 1. The number of likely N-dealkylation sites (tertiary alicyclic amines) is 1. The number of Topliss-reactive ketones (excluding diaryl/α,β-unsaturated/α-hetero) is 1. The van der Waals surface area contributed by atoms with Gasteiger partial charge in [0, 0.05) is 56.3 Å². The summed E-state index contributed by atoms with van der Waals surface area (Å²) in [6.45, 7) is 7.88. The SMILES string of the molecule is CC(=O)c1ccc(N2CCC(C(=O)N3C[C@@H](N(C)C(=O)Oc4ccc(F)cc4)[C@](C)(c4ccc(C)cc4)C3)CC2)nc1. The summed E-state index contributed by atoms with van der Waals surface area (Å²) in [6.07, 6.45) is 2.43. The molecular formula is C33H37FN4O4. The molecule has 0 radical (unpaired) electrons. The van der Waals surface area contributed by atoms with Gasteiger partial charge in [-0.2, -0.15) is 0 Å². The van der Waals surface area contributed by atoms with Crippen molar-refractivity contribution in [1.29, 1.82) is 0 Å². The zero-order chi connectivity index (χ0) is 30.0. The summed E-state index contributed by atoms with van der Waals surface area (Å²) in [5.74, 6) is 0.599. The predicted molar refractivity (Wildman–Crippen MR) is 158 cm³/mol. The molecule has 2 saturated heterocycles. The lowest BCUT2D eigenvalue weighted by Gasteiger charge is -2.36. The molecule has 3 aromatic rings. The van der Waals surface area contributed by atoms with Gasteiger partial charge in [-0.1, -0.05) is 36.8 Å². The van der Waals surface area contributed by atoms with E-state index in [1.54, 1.807) is 24.2 Å². The molecule has 3 heterocycles. The maximum absolute atomic E-state index is 13.9. The Balaban J connectivity index is 1.30. The molecule has 42 heavy (non-hydrogen) atoms. The van der Waals surface area contributed by atoms with Gasteiger partial charge in [-0.25, -0.2) is 14.2 Å². The summed E-state index contributed by atoms with van der Waals surface area (Å²) in [7, 11) is 1.69. The number of hydrogen-bond donors (Lipinski definition) is 0. The van der Waals surface area contributed by atoms with Gasteiger partial charge in [-0.05, 0) is 68.7 Å². The number of hydrogen-bond acceptors (Lipinski definition) is 6. The van der Waals surface area contributed by atoms with E-state index >= 15 is 0 Å². The molecule has 0 saturated carbocycles. The lowest BCUT2D eigenvalue weighted by atomic mass is 9.77. The van der Waals surface area contributed by atoms with E-state index in [1.165, 1.54) is 31.2 Å². The topological polar surface area (TPSA) is 83.1 Å². The first-order valence-corrected chi connectivity index (χ1v) is 14.3. The fourth-order valence-electron chi connectivity index (χ4n) is 6.11. The van der Waals surface area contributed by atoms with Gasteiger partial charge in [0.05, 0.1) is 6.04 Å². The van der Waals surface area contributed by atoms with E-state index in [-0.39, 0.29) is 29.4 Å². The van der Waals surface area contributed by atoms with Gasteiger partial charge in [0.15, 0.2) is 5.78 Å². The molecule has 5 rings (SSSR count). The second-order valence-corrected chi connectivity index (χ2v) is 11.7. The first-order chi connectivity index (χ1) is 20.0. The average Bonchev–Trinajstić information content (AvgIpc) is 3.36. The third-order valence-electron chi connectivity index (χ3n) is 8.77. The minimum absolute atomic E-state index is 0.0192. The van der Waals surface area contributed by atoms with Crippen molar-refractivity contribution in [2.24, 2.45) is 5.92 Å². The van der Waals surface area contributed by atoms with Gasteiger partial charge in [0.25, 0.3) is 0 Å². The molecule has 220 valence electrons. The highest BCUT2D eigenvalue weighted by atomic mass is 19.1. The normalized spacial score (nSPS) is 20.8. The number of carbonyl (C=O) groups is 3. The number of piperidine rings is 1. The lowest BCUT2D eigenvalue weighted by Crippen LogP contribution is -2.50. The molecule has 9 heteroatoms. The fourth-order valence-corrected chi connectivity index (χ4v) is 6.11. The molecule has 2 aliphatic rings. The number of nitrogens with zero attached hydrogens (tertiary/aromatic N) is 4. The number of anilines is 1. The van der Waals surface area contributed by atoms with Gasteiger partial charge >= 0.3 is 6.09 Å². The maximum Gasteiger partial charge on any atom is 0.415 e. The lowest BCUT2D eigenvalue weighted by molar-refractivity contribution is -0.135. The van der Waals surface area contributed by atoms with Crippen molar-refractivity contribution in [1.82, 2.24) is 14.8 Å². The molecule has 0 aliphatic carbocycles. The highest BCUT2D eigenvalue weighted by molar-refractivity contribution is 5.93. The van der Waals surface area contributed by atoms with Crippen molar-refractivity contribution >= 4 is 23.6 Å². The van der Waals surface area contributed by atoms with E-state index in [0.717, 1.165) is 16.9 Å². The Morgan fingerprint density at radius 2 is 1.67 bits per heavy atom. The Morgan fingerprint density at radius 1 is 1.00 bits per heavy atom. The summed E-state index contributed by atoms with van der Waals surface area (Å²) in [6, 6.07) is 16.9. The molecule has 2 atom stereocenters. The van der Waals surface area contributed by atoms with Crippen LogP contribution in [0.4, 0.5) is 15.0 Å². The molecule has 1 aromatic heterocycles. The number of ketones is 1. The Labute approximate surface area is 246 Å². The van der Waals surface area contributed by atoms with Crippen LogP contribution in [0.1, 0.15) is 48.2 Å². The number of aryl methyl sites for hydroxylation is 1. The van der Waals surface area contributed by atoms with Crippen LogP contribution in [0.3, 0.4) is 0 Å². The first-order valence-electron chi connectivity index (χ1n) is 14.3. The molecule has 2 aromatic carbocycles. The fraction of sp³-hybridized carbons (Fsp3) is 0.394. The van der Waals surface area contributed by atoms with Crippen molar-refractivity contribution in [2.45, 2.75) is 45.1 Å². The summed E-state index contributed by atoms with van der Waals surface area (Å²) in [5.41, 5.74) is 2.23. The molecule has 0 spiro atoms. The second kappa shape index (κ2) is 11.9. The van der Waals surface area contributed by atoms with E-state index in [4.69, 9.17) is 4.74 Å². The van der Waals surface area contributed by atoms with Gasteiger partial charge < -0.3 is 19.4 Å². The minimum Gasteiger partial charge on any atom is -0.410 e. The Bertz CT molecular complexity index is 1440. The van der Waals surface area contributed by atoms with Crippen LogP contribution in [-0.4, -0.2) is 71.8 Å². The van der Waals surface area contributed by atoms with Crippen LogP contribution in [-0.2, 0) is 10.2 Å². The van der Waals surface area contributed by atoms with Crippen molar-refractivity contribution in [2.75, 3.05) is 38.1 Å². The van der Waals surface area contributed by atoms with Crippen LogP contribution in [0.15, 0.2) is 66.9 Å². The van der Waals surface area contributed by atoms with Crippen LogP contribution < -0.4 is 9.64 Å². The standard InChI is InChI=1S/C33H37FN4O4/c1-22-5-8-26(9-6-22)33(3)21-38(20-29(33)36(4)32(41)42-28-12-10-27(34)11-13-28)31(40)24-15-17-37(18-16-24)30-14-7-25(19-35-30)23(2)39/h5-14,19,24,29H,15-18,20-21H2,1-4H3/t29-,33+/m1/s1. The zero-order valence-electron chi connectivity index (χ0n) is 24.5. The van der Waals surface area contributed by atoms with E-state index in [2.05, 4.69) is 28.9 Å². The molecule has 8 nitrogen and oxygen atoms in total. The van der Waals surface area contributed by atoms with Crippen LogP contribution in [0, 0.1) is 18.7 Å². The van der Waals surface area contributed by atoms with E-state index in [9.17, 15) is 18.8 Å². The zero-order valence-corrected chi connectivity index (χ0v) is 24.5. The minimum atomic E-state index is -0.559. The number of pyridine rings is 1.